The summed E-state index contributed by atoms with van der Waals surface area (Å²) in [4.78, 5) is 0.107. The number of alkyl halides is 4. The standard InChI is InChI=1S/C22H31F5OS/c1-2-3-4-5-6-7-16-28-19-12-8-17(9-13-19)21(23,24)22(25,26)18-10-14-20(29-27)15-11-18/h10-11,14-15,17,19H,2-9,12-13,16H2,1H3. The summed E-state index contributed by atoms with van der Waals surface area (Å²) in [6.07, 6.45) is 7.55. The molecule has 1 aliphatic carbocycles. The Morgan fingerprint density at radius 3 is 2.07 bits per heavy atom. The third kappa shape index (κ3) is 6.58. The molecule has 29 heavy (non-hydrogen) atoms. The lowest BCUT2D eigenvalue weighted by molar-refractivity contribution is -0.250. The van der Waals surface area contributed by atoms with Gasteiger partial charge >= 0.3 is 11.8 Å². The van der Waals surface area contributed by atoms with E-state index in [-0.39, 0.29) is 36.0 Å². The van der Waals surface area contributed by atoms with E-state index in [1.807, 2.05) is 0 Å². The van der Waals surface area contributed by atoms with Crippen LogP contribution >= 0.6 is 12.1 Å². The van der Waals surface area contributed by atoms with Crippen molar-refractivity contribution < 1.29 is 26.2 Å². The molecule has 0 bridgehead atoms. The van der Waals surface area contributed by atoms with Crippen molar-refractivity contribution in [2.45, 2.75) is 94.0 Å². The van der Waals surface area contributed by atoms with Gasteiger partial charge in [0.2, 0.25) is 0 Å². The second-order valence-electron chi connectivity index (χ2n) is 7.91. The van der Waals surface area contributed by atoms with Crippen molar-refractivity contribution in [2.24, 2.45) is 5.92 Å². The van der Waals surface area contributed by atoms with Crippen LogP contribution in [0.25, 0.3) is 0 Å². The smallest absolute Gasteiger partial charge is 0.335 e. The van der Waals surface area contributed by atoms with Crippen LogP contribution in [0.3, 0.4) is 0 Å². The van der Waals surface area contributed by atoms with E-state index in [1.54, 1.807) is 0 Å². The Kier molecular flexibility index (Phi) is 9.73. The van der Waals surface area contributed by atoms with Crippen molar-refractivity contribution in [3.8, 4) is 0 Å². The Balaban J connectivity index is 1.80. The van der Waals surface area contributed by atoms with Gasteiger partial charge in [0.25, 0.3) is 0 Å². The molecule has 1 aromatic rings. The molecule has 0 amide bonds. The molecule has 2 rings (SSSR count). The van der Waals surface area contributed by atoms with Gasteiger partial charge in [0.15, 0.2) is 0 Å². The fourth-order valence-electron chi connectivity index (χ4n) is 3.89. The average molecular weight is 439 g/mol. The fraction of sp³-hybridized carbons (Fsp3) is 0.727. The highest BCUT2D eigenvalue weighted by Gasteiger charge is 2.61. The van der Waals surface area contributed by atoms with E-state index in [1.165, 1.54) is 25.7 Å². The van der Waals surface area contributed by atoms with Crippen LogP contribution in [0.4, 0.5) is 21.4 Å². The van der Waals surface area contributed by atoms with Crippen molar-refractivity contribution in [3.63, 3.8) is 0 Å². The van der Waals surface area contributed by atoms with Gasteiger partial charge in [-0.15, -0.1) is 0 Å². The highest BCUT2D eigenvalue weighted by atomic mass is 32.2. The van der Waals surface area contributed by atoms with Crippen LogP contribution in [0.5, 0.6) is 0 Å². The molecule has 1 aromatic carbocycles. The number of ether oxygens (including phenoxy) is 1. The number of benzene rings is 1. The molecule has 0 aliphatic heterocycles. The topological polar surface area (TPSA) is 9.23 Å². The molecule has 1 saturated carbocycles. The van der Waals surface area contributed by atoms with E-state index >= 15 is 0 Å². The normalized spacial score (nSPS) is 20.8. The minimum atomic E-state index is -4.29. The zero-order valence-electron chi connectivity index (χ0n) is 16.9. The van der Waals surface area contributed by atoms with E-state index in [2.05, 4.69) is 6.92 Å². The van der Waals surface area contributed by atoms with Crippen LogP contribution in [0.1, 0.15) is 76.7 Å². The number of unbranched alkanes of at least 4 members (excludes halogenated alkanes) is 5. The molecular weight excluding hydrogens is 407 g/mol. The average Bonchev–Trinajstić information content (AvgIpc) is 2.73. The number of hydrogen-bond donors (Lipinski definition) is 0. The molecule has 7 heteroatoms. The third-order valence-electron chi connectivity index (χ3n) is 5.76. The first kappa shape index (κ1) is 24.4. The van der Waals surface area contributed by atoms with E-state index in [9.17, 15) is 21.4 Å². The lowest BCUT2D eigenvalue weighted by Gasteiger charge is -2.37. The first-order valence-corrected chi connectivity index (χ1v) is 11.3. The van der Waals surface area contributed by atoms with Gasteiger partial charge in [-0.25, -0.2) is 0 Å². The van der Waals surface area contributed by atoms with E-state index in [4.69, 9.17) is 4.74 Å². The van der Waals surface area contributed by atoms with Crippen molar-refractivity contribution >= 4 is 12.1 Å². The Morgan fingerprint density at radius 1 is 0.897 bits per heavy atom. The summed E-state index contributed by atoms with van der Waals surface area (Å²) in [5.74, 6) is -9.83. The van der Waals surface area contributed by atoms with Crippen LogP contribution < -0.4 is 0 Å². The first-order valence-electron chi connectivity index (χ1n) is 10.6. The summed E-state index contributed by atoms with van der Waals surface area (Å²) in [7, 11) is 0. The molecule has 1 fully saturated rings. The summed E-state index contributed by atoms with van der Waals surface area (Å²) >= 11 is -0.110. The van der Waals surface area contributed by atoms with E-state index in [0.717, 1.165) is 37.1 Å². The summed E-state index contributed by atoms with van der Waals surface area (Å²) in [5.41, 5.74) is -0.776. The van der Waals surface area contributed by atoms with Crippen LogP contribution in [-0.4, -0.2) is 18.6 Å². The zero-order valence-corrected chi connectivity index (χ0v) is 17.8. The highest BCUT2D eigenvalue weighted by Crippen LogP contribution is 2.51. The maximum absolute atomic E-state index is 14.7. The minimum Gasteiger partial charge on any atom is -0.378 e. The zero-order chi connectivity index (χ0) is 21.3. The second-order valence-corrected chi connectivity index (χ2v) is 8.54. The largest absolute Gasteiger partial charge is 0.378 e. The van der Waals surface area contributed by atoms with Crippen molar-refractivity contribution in [3.05, 3.63) is 29.8 Å². The minimum absolute atomic E-state index is 0.0160. The molecule has 0 spiro atoms. The molecular formula is C22H31F5OS. The summed E-state index contributed by atoms with van der Waals surface area (Å²) in [6, 6.07) is 3.95. The maximum atomic E-state index is 14.7. The van der Waals surface area contributed by atoms with Crippen molar-refractivity contribution in [1.29, 1.82) is 0 Å². The summed E-state index contributed by atoms with van der Waals surface area (Å²) in [6.45, 7) is 2.77. The highest BCUT2D eigenvalue weighted by molar-refractivity contribution is 7.94. The van der Waals surface area contributed by atoms with Crippen molar-refractivity contribution in [2.75, 3.05) is 6.61 Å². The fourth-order valence-corrected chi connectivity index (χ4v) is 4.13. The Labute approximate surface area is 175 Å². The van der Waals surface area contributed by atoms with E-state index < -0.39 is 23.3 Å². The number of halogens is 5. The van der Waals surface area contributed by atoms with Crippen LogP contribution in [0.15, 0.2) is 29.2 Å². The van der Waals surface area contributed by atoms with Gasteiger partial charge in [0.05, 0.1) is 18.3 Å². The predicted octanol–water partition coefficient (Wildman–Crippen LogP) is 8.33. The van der Waals surface area contributed by atoms with Gasteiger partial charge in [-0.2, -0.15) is 21.4 Å². The Bertz CT molecular complexity index is 585. The second kappa shape index (κ2) is 11.5. The monoisotopic (exact) mass is 438 g/mol. The van der Waals surface area contributed by atoms with Crippen LogP contribution in [0.2, 0.25) is 0 Å². The van der Waals surface area contributed by atoms with Gasteiger partial charge < -0.3 is 4.74 Å². The quantitative estimate of drug-likeness (QED) is 0.240. The molecule has 166 valence electrons. The van der Waals surface area contributed by atoms with E-state index in [0.29, 0.717) is 19.4 Å². The number of hydrogen-bond acceptors (Lipinski definition) is 2. The third-order valence-corrected chi connectivity index (χ3v) is 6.21. The Morgan fingerprint density at radius 2 is 1.48 bits per heavy atom. The van der Waals surface area contributed by atoms with Gasteiger partial charge in [-0.1, -0.05) is 51.2 Å². The maximum Gasteiger partial charge on any atom is 0.335 e. The molecule has 0 saturated heterocycles. The lowest BCUT2D eigenvalue weighted by Crippen LogP contribution is -2.46. The van der Waals surface area contributed by atoms with Gasteiger partial charge in [-0.3, -0.25) is 0 Å². The van der Waals surface area contributed by atoms with Gasteiger partial charge in [0, 0.05) is 23.0 Å². The van der Waals surface area contributed by atoms with Gasteiger partial charge in [0.1, 0.15) is 0 Å². The molecule has 0 unspecified atom stereocenters. The van der Waals surface area contributed by atoms with Crippen molar-refractivity contribution in [1.82, 2.24) is 0 Å². The first-order chi connectivity index (χ1) is 13.8. The molecule has 1 nitrogen and oxygen atoms in total. The van der Waals surface area contributed by atoms with Crippen LogP contribution in [0, 0.1) is 5.92 Å². The Hall–Kier alpha value is -0.820. The number of rotatable bonds is 12. The summed E-state index contributed by atoms with van der Waals surface area (Å²) < 4.78 is 76.7. The SMILES string of the molecule is CCCCCCCCOC1CCC(C(F)(F)C(F)(F)c2ccc(SF)cc2)CC1. The molecule has 1 aliphatic rings. The molecule has 0 heterocycles. The molecule has 0 aromatic heterocycles. The molecule has 0 N–H and O–H groups in total. The molecule has 0 radical (unpaired) electrons. The van der Waals surface area contributed by atoms with Crippen LogP contribution in [-0.2, 0) is 10.7 Å². The van der Waals surface area contributed by atoms with Gasteiger partial charge in [-0.05, 0) is 44.2 Å². The predicted molar refractivity (Wildman–Crippen MR) is 107 cm³/mol. The summed E-state index contributed by atoms with van der Waals surface area (Å²) in [5, 5.41) is 0. The molecule has 0 atom stereocenters. The lowest BCUT2D eigenvalue weighted by atomic mass is 9.79.